The molecule has 3 nitrogen and oxygen atoms in total. The third-order valence-electron chi connectivity index (χ3n) is 4.27. The Labute approximate surface area is 140 Å². The molecule has 0 saturated heterocycles. The van der Waals surface area contributed by atoms with Crippen molar-refractivity contribution in [1.29, 1.82) is 0 Å². The molecule has 0 amide bonds. The van der Waals surface area contributed by atoms with Crippen LogP contribution in [0.1, 0.15) is 76.2 Å². The van der Waals surface area contributed by atoms with E-state index in [0.29, 0.717) is 11.8 Å². The van der Waals surface area contributed by atoms with Crippen molar-refractivity contribution >= 4 is 0 Å². The Kier molecular flexibility index (Phi) is 7.85. The van der Waals surface area contributed by atoms with Crippen molar-refractivity contribution in [2.75, 3.05) is 0 Å². The zero-order valence-corrected chi connectivity index (χ0v) is 14.7. The van der Waals surface area contributed by atoms with E-state index < -0.39 is 0 Å². The van der Waals surface area contributed by atoms with Crippen LogP contribution in [0.5, 0.6) is 0 Å². The van der Waals surface area contributed by atoms with Gasteiger partial charge in [0.05, 0.1) is 0 Å². The monoisotopic (exact) mass is 314 g/mol. The maximum absolute atomic E-state index is 5.50. The molecule has 0 atom stereocenters. The number of nitrogens with zero attached hydrogens (tertiary/aromatic N) is 2. The van der Waals surface area contributed by atoms with Gasteiger partial charge in [-0.3, -0.25) is 0 Å². The highest BCUT2D eigenvalue weighted by Gasteiger charge is 2.06. The molecule has 1 heterocycles. The Bertz CT molecular complexity index is 562. The van der Waals surface area contributed by atoms with E-state index in [1.165, 1.54) is 63.4 Å². The summed E-state index contributed by atoms with van der Waals surface area (Å²) in [6.07, 6.45) is 13.5. The molecular formula is C20H30N2O. The van der Waals surface area contributed by atoms with Gasteiger partial charge >= 0.3 is 0 Å². The molecule has 1 aromatic carbocycles. The molecule has 0 fully saturated rings. The fraction of sp³-hybridized carbons (Fsp3) is 0.600. The summed E-state index contributed by atoms with van der Waals surface area (Å²) in [5.74, 6) is 1.24. The number of aryl methyl sites for hydroxylation is 2. The van der Waals surface area contributed by atoms with E-state index in [-0.39, 0.29) is 0 Å². The first-order valence-electron chi connectivity index (χ1n) is 9.19. The minimum absolute atomic E-state index is 0.615. The number of hydrogen-bond acceptors (Lipinski definition) is 3. The summed E-state index contributed by atoms with van der Waals surface area (Å²) >= 11 is 0. The van der Waals surface area contributed by atoms with Gasteiger partial charge < -0.3 is 4.42 Å². The van der Waals surface area contributed by atoms with Crippen molar-refractivity contribution in [2.24, 2.45) is 0 Å². The zero-order valence-electron chi connectivity index (χ0n) is 14.7. The highest BCUT2D eigenvalue weighted by molar-refractivity contribution is 5.53. The molecule has 23 heavy (non-hydrogen) atoms. The van der Waals surface area contributed by atoms with Crippen LogP contribution in [0, 0.1) is 6.92 Å². The minimum atomic E-state index is 0.615. The lowest BCUT2D eigenvalue weighted by atomic mass is 10.0. The first-order chi connectivity index (χ1) is 11.3. The molecule has 2 rings (SSSR count). The van der Waals surface area contributed by atoms with Crippen LogP contribution >= 0.6 is 0 Å². The fourth-order valence-electron chi connectivity index (χ4n) is 2.91. The number of unbranched alkanes of at least 4 members (excludes halogenated alkanes) is 8. The number of hydrogen-bond donors (Lipinski definition) is 0. The second-order valence-corrected chi connectivity index (χ2v) is 6.41. The molecule has 0 N–H and O–H groups in total. The lowest BCUT2D eigenvalue weighted by molar-refractivity contribution is 0.532. The lowest BCUT2D eigenvalue weighted by Crippen LogP contribution is -1.88. The van der Waals surface area contributed by atoms with Gasteiger partial charge in [0.2, 0.25) is 11.8 Å². The van der Waals surface area contributed by atoms with Crippen molar-refractivity contribution in [3.05, 3.63) is 35.7 Å². The van der Waals surface area contributed by atoms with Gasteiger partial charge in [0.15, 0.2) is 0 Å². The van der Waals surface area contributed by atoms with Crippen LogP contribution in [0.4, 0.5) is 0 Å². The molecule has 0 aliphatic rings. The van der Waals surface area contributed by atoms with Gasteiger partial charge in [-0.1, -0.05) is 70.4 Å². The Hall–Kier alpha value is -1.64. The van der Waals surface area contributed by atoms with Crippen LogP contribution in [-0.4, -0.2) is 10.2 Å². The minimum Gasteiger partial charge on any atom is -0.421 e. The van der Waals surface area contributed by atoms with Gasteiger partial charge in [0.25, 0.3) is 0 Å². The summed E-state index contributed by atoms with van der Waals surface area (Å²) in [5, 5.41) is 7.99. The van der Waals surface area contributed by atoms with Crippen molar-refractivity contribution in [2.45, 2.75) is 78.1 Å². The summed E-state index contributed by atoms with van der Waals surface area (Å²) in [6.45, 7) is 4.09. The molecule has 0 radical (unpaired) electrons. The molecule has 126 valence electrons. The SMILES string of the molecule is CCCCCCCCCCCc1cccc(-c2nnc(C)o2)c1. The largest absolute Gasteiger partial charge is 0.421 e. The van der Waals surface area contributed by atoms with E-state index in [2.05, 4.69) is 35.3 Å². The van der Waals surface area contributed by atoms with Crippen LogP contribution in [-0.2, 0) is 6.42 Å². The average Bonchev–Trinajstić information content (AvgIpc) is 3.00. The smallest absolute Gasteiger partial charge is 0.247 e. The highest BCUT2D eigenvalue weighted by Crippen LogP contribution is 2.20. The second-order valence-electron chi connectivity index (χ2n) is 6.41. The zero-order chi connectivity index (χ0) is 16.3. The predicted octanol–water partition coefficient (Wildman–Crippen LogP) is 6.12. The van der Waals surface area contributed by atoms with E-state index in [1.807, 2.05) is 13.0 Å². The van der Waals surface area contributed by atoms with Crippen molar-refractivity contribution in [1.82, 2.24) is 10.2 Å². The van der Waals surface area contributed by atoms with Gasteiger partial charge in [0, 0.05) is 12.5 Å². The van der Waals surface area contributed by atoms with Crippen LogP contribution in [0.25, 0.3) is 11.5 Å². The van der Waals surface area contributed by atoms with Gasteiger partial charge in [-0.25, -0.2) is 0 Å². The van der Waals surface area contributed by atoms with Gasteiger partial charge in [0.1, 0.15) is 0 Å². The molecule has 3 heteroatoms. The first-order valence-corrected chi connectivity index (χ1v) is 9.19. The molecule has 2 aromatic rings. The van der Waals surface area contributed by atoms with Crippen molar-refractivity contribution in [3.63, 3.8) is 0 Å². The molecule has 0 aliphatic heterocycles. The lowest BCUT2D eigenvalue weighted by Gasteiger charge is -2.04. The van der Waals surface area contributed by atoms with Crippen LogP contribution in [0.3, 0.4) is 0 Å². The number of rotatable bonds is 11. The first kappa shape index (κ1) is 17.7. The topological polar surface area (TPSA) is 38.9 Å². The van der Waals surface area contributed by atoms with Gasteiger partial charge in [-0.2, -0.15) is 0 Å². The van der Waals surface area contributed by atoms with E-state index in [4.69, 9.17) is 4.42 Å². The summed E-state index contributed by atoms with van der Waals surface area (Å²) in [5.41, 5.74) is 2.39. The Morgan fingerprint density at radius 3 is 2.22 bits per heavy atom. The molecule has 0 spiro atoms. The Balaban J connectivity index is 1.64. The third-order valence-corrected chi connectivity index (χ3v) is 4.27. The quantitative estimate of drug-likeness (QED) is 0.469. The average molecular weight is 314 g/mol. The van der Waals surface area contributed by atoms with Crippen molar-refractivity contribution < 1.29 is 4.42 Å². The Morgan fingerprint density at radius 1 is 0.870 bits per heavy atom. The summed E-state index contributed by atoms with van der Waals surface area (Å²) < 4.78 is 5.50. The highest BCUT2D eigenvalue weighted by atomic mass is 16.4. The van der Waals surface area contributed by atoms with E-state index in [9.17, 15) is 0 Å². The molecule has 0 unspecified atom stereocenters. The molecule has 1 aromatic heterocycles. The molecular weight excluding hydrogens is 284 g/mol. The van der Waals surface area contributed by atoms with E-state index >= 15 is 0 Å². The van der Waals surface area contributed by atoms with Gasteiger partial charge in [-0.15, -0.1) is 10.2 Å². The normalized spacial score (nSPS) is 11.0. The molecule has 0 aliphatic carbocycles. The van der Waals surface area contributed by atoms with Crippen LogP contribution in [0.15, 0.2) is 28.7 Å². The molecule has 0 bridgehead atoms. The summed E-state index contributed by atoms with van der Waals surface area (Å²) in [4.78, 5) is 0. The standard InChI is InChI=1S/C20H30N2O/c1-3-4-5-6-7-8-9-10-11-13-18-14-12-15-19(16-18)20-22-21-17(2)23-20/h12,14-16H,3-11,13H2,1-2H3. The second kappa shape index (κ2) is 10.2. The van der Waals surface area contributed by atoms with Crippen LogP contribution in [0.2, 0.25) is 0 Å². The number of aromatic nitrogens is 2. The van der Waals surface area contributed by atoms with Crippen molar-refractivity contribution in [3.8, 4) is 11.5 Å². The number of benzene rings is 1. The summed E-state index contributed by atoms with van der Waals surface area (Å²) in [7, 11) is 0. The Morgan fingerprint density at radius 2 is 1.57 bits per heavy atom. The van der Waals surface area contributed by atoms with E-state index in [1.54, 1.807) is 0 Å². The van der Waals surface area contributed by atoms with Gasteiger partial charge in [-0.05, 0) is 30.5 Å². The summed E-state index contributed by atoms with van der Waals surface area (Å²) in [6, 6.07) is 8.49. The third kappa shape index (κ3) is 6.55. The van der Waals surface area contributed by atoms with E-state index in [0.717, 1.165) is 12.0 Å². The maximum atomic E-state index is 5.50. The molecule has 0 saturated carbocycles. The predicted molar refractivity (Wildman–Crippen MR) is 95.4 cm³/mol. The van der Waals surface area contributed by atoms with Crippen LogP contribution < -0.4 is 0 Å². The maximum Gasteiger partial charge on any atom is 0.247 e. The fourth-order valence-corrected chi connectivity index (χ4v) is 2.91.